The SMILES string of the molecule is CCCc1cc(N2CCNCC2)n2nc(C(C)(C)C)cc2n1. The molecule has 5 nitrogen and oxygen atoms in total. The molecule has 1 N–H and O–H groups in total. The van der Waals surface area contributed by atoms with E-state index in [4.69, 9.17) is 10.1 Å². The molecule has 2 aromatic heterocycles. The van der Waals surface area contributed by atoms with E-state index in [-0.39, 0.29) is 5.41 Å². The smallest absolute Gasteiger partial charge is 0.157 e. The lowest BCUT2D eigenvalue weighted by molar-refractivity contribution is 0.556. The zero-order chi connectivity index (χ0) is 15.7. The van der Waals surface area contributed by atoms with Gasteiger partial charge in [0.2, 0.25) is 0 Å². The quantitative estimate of drug-likeness (QED) is 0.945. The Bertz CT molecular complexity index is 647. The number of nitrogens with zero attached hydrogens (tertiary/aromatic N) is 4. The van der Waals surface area contributed by atoms with E-state index < -0.39 is 0 Å². The maximum Gasteiger partial charge on any atom is 0.157 e. The summed E-state index contributed by atoms with van der Waals surface area (Å²) in [5.74, 6) is 1.19. The number of piperazine rings is 1. The average molecular weight is 301 g/mol. The lowest BCUT2D eigenvalue weighted by atomic mass is 9.93. The van der Waals surface area contributed by atoms with Crippen molar-refractivity contribution in [2.24, 2.45) is 0 Å². The third-order valence-electron chi connectivity index (χ3n) is 4.18. The van der Waals surface area contributed by atoms with Crippen LogP contribution in [0.2, 0.25) is 0 Å². The first-order chi connectivity index (χ1) is 10.5. The second kappa shape index (κ2) is 5.88. The minimum atomic E-state index is 0.0410. The highest BCUT2D eigenvalue weighted by Gasteiger charge is 2.22. The summed E-state index contributed by atoms with van der Waals surface area (Å²) in [4.78, 5) is 7.23. The second-order valence-electron chi connectivity index (χ2n) is 7.14. The Morgan fingerprint density at radius 3 is 2.55 bits per heavy atom. The third-order valence-corrected chi connectivity index (χ3v) is 4.18. The van der Waals surface area contributed by atoms with E-state index in [0.29, 0.717) is 0 Å². The summed E-state index contributed by atoms with van der Waals surface area (Å²) in [5, 5.41) is 8.27. The molecule has 22 heavy (non-hydrogen) atoms. The van der Waals surface area contributed by atoms with Crippen LogP contribution in [0.25, 0.3) is 5.65 Å². The number of anilines is 1. The van der Waals surface area contributed by atoms with Crippen LogP contribution in [0.15, 0.2) is 12.1 Å². The molecule has 1 saturated heterocycles. The van der Waals surface area contributed by atoms with E-state index in [1.807, 2.05) is 4.52 Å². The number of aromatic nitrogens is 3. The first-order valence-corrected chi connectivity index (χ1v) is 8.35. The maximum absolute atomic E-state index is 4.85. The Morgan fingerprint density at radius 2 is 1.91 bits per heavy atom. The van der Waals surface area contributed by atoms with E-state index in [1.165, 1.54) is 11.5 Å². The van der Waals surface area contributed by atoms with Crippen molar-refractivity contribution in [2.75, 3.05) is 31.1 Å². The predicted octanol–water partition coefficient (Wildman–Crippen LogP) is 2.39. The van der Waals surface area contributed by atoms with Gasteiger partial charge in [-0.2, -0.15) is 9.61 Å². The van der Waals surface area contributed by atoms with Crippen LogP contribution >= 0.6 is 0 Å². The van der Waals surface area contributed by atoms with Crippen molar-refractivity contribution in [3.8, 4) is 0 Å². The average Bonchev–Trinajstić information content (AvgIpc) is 2.92. The van der Waals surface area contributed by atoms with Gasteiger partial charge in [-0.3, -0.25) is 0 Å². The van der Waals surface area contributed by atoms with Crippen molar-refractivity contribution in [1.82, 2.24) is 19.9 Å². The largest absolute Gasteiger partial charge is 0.354 e. The van der Waals surface area contributed by atoms with Gasteiger partial charge in [-0.15, -0.1) is 0 Å². The molecule has 0 radical (unpaired) electrons. The lowest BCUT2D eigenvalue weighted by Gasteiger charge is -2.29. The minimum Gasteiger partial charge on any atom is -0.354 e. The molecule has 3 rings (SSSR count). The molecule has 0 atom stereocenters. The predicted molar refractivity (Wildman–Crippen MR) is 90.8 cm³/mol. The highest BCUT2D eigenvalue weighted by Crippen LogP contribution is 2.25. The van der Waals surface area contributed by atoms with Crippen molar-refractivity contribution in [1.29, 1.82) is 0 Å². The number of hydrogen-bond acceptors (Lipinski definition) is 4. The topological polar surface area (TPSA) is 45.5 Å². The summed E-state index contributed by atoms with van der Waals surface area (Å²) in [6, 6.07) is 4.37. The fourth-order valence-corrected chi connectivity index (χ4v) is 2.88. The van der Waals surface area contributed by atoms with Gasteiger partial charge in [-0.25, -0.2) is 4.98 Å². The van der Waals surface area contributed by atoms with Gasteiger partial charge in [-0.05, 0) is 6.42 Å². The number of rotatable bonds is 3. The molecule has 0 amide bonds. The monoisotopic (exact) mass is 301 g/mol. The molecule has 0 aliphatic carbocycles. The van der Waals surface area contributed by atoms with Crippen molar-refractivity contribution in [2.45, 2.75) is 46.0 Å². The van der Waals surface area contributed by atoms with Gasteiger partial charge in [-0.1, -0.05) is 34.1 Å². The van der Waals surface area contributed by atoms with E-state index in [0.717, 1.165) is 50.4 Å². The molecule has 0 unspecified atom stereocenters. The summed E-state index contributed by atoms with van der Waals surface area (Å²) in [6.45, 7) is 12.9. The van der Waals surface area contributed by atoms with E-state index >= 15 is 0 Å². The molecule has 0 bridgehead atoms. The summed E-state index contributed by atoms with van der Waals surface area (Å²) in [6.07, 6.45) is 2.13. The molecule has 0 aromatic carbocycles. The minimum absolute atomic E-state index is 0.0410. The van der Waals surface area contributed by atoms with Crippen LogP contribution in [-0.4, -0.2) is 40.8 Å². The van der Waals surface area contributed by atoms with E-state index in [1.54, 1.807) is 0 Å². The van der Waals surface area contributed by atoms with Crippen LogP contribution in [0.3, 0.4) is 0 Å². The van der Waals surface area contributed by atoms with Crippen LogP contribution < -0.4 is 10.2 Å². The molecular weight excluding hydrogens is 274 g/mol. The number of fused-ring (bicyclic) bond motifs is 1. The van der Waals surface area contributed by atoms with Crippen molar-refractivity contribution in [3.63, 3.8) is 0 Å². The third kappa shape index (κ3) is 2.95. The zero-order valence-electron chi connectivity index (χ0n) is 14.2. The number of hydrogen-bond donors (Lipinski definition) is 1. The van der Waals surface area contributed by atoms with Gasteiger partial charge < -0.3 is 10.2 Å². The molecule has 2 aromatic rings. The van der Waals surface area contributed by atoms with Gasteiger partial charge in [0, 0.05) is 49.4 Å². The van der Waals surface area contributed by atoms with Gasteiger partial charge in [0.15, 0.2) is 5.65 Å². The summed E-state index contributed by atoms with van der Waals surface area (Å²) < 4.78 is 2.03. The number of aryl methyl sites for hydroxylation is 1. The van der Waals surface area contributed by atoms with Gasteiger partial charge in [0.05, 0.1) is 5.69 Å². The zero-order valence-corrected chi connectivity index (χ0v) is 14.2. The highest BCUT2D eigenvalue weighted by molar-refractivity contribution is 5.53. The fraction of sp³-hybridized carbons (Fsp3) is 0.647. The molecule has 1 aliphatic heterocycles. The molecule has 1 fully saturated rings. The number of nitrogens with one attached hydrogen (secondary N) is 1. The Balaban J connectivity index is 2.11. The molecule has 0 saturated carbocycles. The Hall–Kier alpha value is -1.62. The van der Waals surface area contributed by atoms with Crippen molar-refractivity contribution >= 4 is 11.5 Å². The lowest BCUT2D eigenvalue weighted by Crippen LogP contribution is -2.44. The van der Waals surface area contributed by atoms with Gasteiger partial charge in [0.1, 0.15) is 5.82 Å². The van der Waals surface area contributed by atoms with Crippen LogP contribution in [0.5, 0.6) is 0 Å². The Kier molecular flexibility index (Phi) is 4.08. The molecule has 1 aliphatic rings. The maximum atomic E-state index is 4.85. The molecular formula is C17H27N5. The summed E-state index contributed by atoms with van der Waals surface area (Å²) >= 11 is 0. The molecule has 3 heterocycles. The standard InChI is InChI=1S/C17H27N5/c1-5-6-13-11-16(21-9-7-18-8-10-21)22-15(19-13)12-14(20-22)17(2,3)4/h11-12,18H,5-10H2,1-4H3. The normalized spacial score (nSPS) is 16.5. The molecule has 5 heteroatoms. The second-order valence-corrected chi connectivity index (χ2v) is 7.14. The Morgan fingerprint density at radius 1 is 1.18 bits per heavy atom. The first-order valence-electron chi connectivity index (χ1n) is 8.35. The summed E-state index contributed by atoms with van der Waals surface area (Å²) in [7, 11) is 0. The van der Waals surface area contributed by atoms with Crippen LogP contribution in [0.1, 0.15) is 45.5 Å². The van der Waals surface area contributed by atoms with Crippen molar-refractivity contribution in [3.05, 3.63) is 23.5 Å². The van der Waals surface area contributed by atoms with Crippen LogP contribution in [0.4, 0.5) is 5.82 Å². The first kappa shape index (κ1) is 15.3. The molecule has 120 valence electrons. The van der Waals surface area contributed by atoms with Gasteiger partial charge in [0.25, 0.3) is 0 Å². The van der Waals surface area contributed by atoms with Crippen LogP contribution in [0, 0.1) is 0 Å². The Labute approximate surface area is 132 Å². The summed E-state index contributed by atoms with van der Waals surface area (Å²) in [5.41, 5.74) is 3.29. The van der Waals surface area contributed by atoms with Crippen molar-refractivity contribution < 1.29 is 0 Å². The van der Waals surface area contributed by atoms with E-state index in [2.05, 4.69) is 50.0 Å². The highest BCUT2D eigenvalue weighted by atomic mass is 15.4. The van der Waals surface area contributed by atoms with E-state index in [9.17, 15) is 0 Å². The van der Waals surface area contributed by atoms with Crippen LogP contribution in [-0.2, 0) is 11.8 Å². The van der Waals surface area contributed by atoms with Gasteiger partial charge >= 0.3 is 0 Å². The fourth-order valence-electron chi connectivity index (χ4n) is 2.88. The molecule has 0 spiro atoms.